The van der Waals surface area contributed by atoms with Gasteiger partial charge in [-0.25, -0.2) is 9.48 Å². The van der Waals surface area contributed by atoms with Gasteiger partial charge in [0.05, 0.1) is 23.9 Å². The summed E-state index contributed by atoms with van der Waals surface area (Å²) in [5, 5.41) is 19.7. The molecule has 0 unspecified atom stereocenters. The van der Waals surface area contributed by atoms with Crippen molar-refractivity contribution in [1.29, 1.82) is 0 Å². The second kappa shape index (κ2) is 5.83. The Morgan fingerprint density at radius 2 is 2.10 bits per heavy atom. The van der Waals surface area contributed by atoms with Crippen molar-refractivity contribution >= 4 is 11.8 Å². The first-order valence-corrected chi connectivity index (χ1v) is 7.18. The molecule has 112 valence electrons. The van der Waals surface area contributed by atoms with Gasteiger partial charge in [0.25, 0.3) is 0 Å². The lowest BCUT2D eigenvalue weighted by molar-refractivity contribution is 0.0955. The second-order valence-electron chi connectivity index (χ2n) is 6.36. The monoisotopic (exact) mass is 280 g/mol. The molecule has 0 aromatic carbocycles. The normalized spacial score (nSPS) is 23.4. The lowest BCUT2D eigenvalue weighted by Crippen LogP contribution is -2.47. The largest absolute Gasteiger partial charge is 0.391 e. The molecular formula is C14H24N4O2. The maximum absolute atomic E-state index is 12.0. The molecule has 6 heteroatoms. The highest BCUT2D eigenvalue weighted by molar-refractivity contribution is 5.88. The molecule has 6 nitrogen and oxygen atoms in total. The molecule has 1 aromatic rings. The van der Waals surface area contributed by atoms with Crippen LogP contribution in [-0.2, 0) is 5.54 Å². The van der Waals surface area contributed by atoms with Crippen molar-refractivity contribution in [2.45, 2.75) is 64.1 Å². The van der Waals surface area contributed by atoms with Crippen molar-refractivity contribution in [2.75, 3.05) is 5.32 Å². The molecule has 1 heterocycles. The topological polar surface area (TPSA) is 79.2 Å². The van der Waals surface area contributed by atoms with Crippen LogP contribution in [0.2, 0.25) is 0 Å². The molecule has 1 saturated carbocycles. The number of carbonyl (C=O) groups is 1. The van der Waals surface area contributed by atoms with Gasteiger partial charge in [-0.1, -0.05) is 12.8 Å². The summed E-state index contributed by atoms with van der Waals surface area (Å²) < 4.78 is 1.77. The Balaban J connectivity index is 1.96. The molecular weight excluding hydrogens is 256 g/mol. The molecule has 0 saturated heterocycles. The molecule has 2 rings (SSSR count). The first-order chi connectivity index (χ1) is 9.38. The molecule has 0 bridgehead atoms. The standard InChI is InChI=1S/C14H24N4O2/c1-14(2,3)18-12(8-9-15-18)17-13(20)16-10-6-4-5-7-11(10)19/h8-11,19H,4-7H2,1-3H3,(H2,16,17,20)/t10-,11-/m1/s1. The average molecular weight is 280 g/mol. The van der Waals surface area contributed by atoms with E-state index >= 15 is 0 Å². The number of urea groups is 1. The zero-order valence-corrected chi connectivity index (χ0v) is 12.4. The van der Waals surface area contributed by atoms with Crippen LogP contribution in [0.15, 0.2) is 12.3 Å². The van der Waals surface area contributed by atoms with Crippen molar-refractivity contribution in [3.63, 3.8) is 0 Å². The zero-order chi connectivity index (χ0) is 14.8. The predicted octanol–water partition coefficient (Wildman–Crippen LogP) is 2.06. The van der Waals surface area contributed by atoms with Gasteiger partial charge in [-0.15, -0.1) is 0 Å². The van der Waals surface area contributed by atoms with Crippen molar-refractivity contribution in [3.8, 4) is 0 Å². The van der Waals surface area contributed by atoms with Crippen molar-refractivity contribution in [1.82, 2.24) is 15.1 Å². The number of amides is 2. The van der Waals surface area contributed by atoms with Crippen LogP contribution in [0.25, 0.3) is 0 Å². The van der Waals surface area contributed by atoms with Gasteiger partial charge in [0.2, 0.25) is 0 Å². The van der Waals surface area contributed by atoms with Crippen LogP contribution >= 0.6 is 0 Å². The summed E-state index contributed by atoms with van der Waals surface area (Å²) in [6, 6.07) is 1.32. The number of carbonyl (C=O) groups excluding carboxylic acids is 1. The summed E-state index contributed by atoms with van der Waals surface area (Å²) >= 11 is 0. The number of aromatic nitrogens is 2. The summed E-state index contributed by atoms with van der Waals surface area (Å²) in [6.07, 6.45) is 4.87. The van der Waals surface area contributed by atoms with Gasteiger partial charge in [0, 0.05) is 6.07 Å². The molecule has 1 aromatic heterocycles. The fraction of sp³-hybridized carbons (Fsp3) is 0.714. The number of nitrogens with one attached hydrogen (secondary N) is 2. The number of hydrogen-bond donors (Lipinski definition) is 3. The van der Waals surface area contributed by atoms with Gasteiger partial charge in [-0.3, -0.25) is 5.32 Å². The van der Waals surface area contributed by atoms with E-state index in [0.29, 0.717) is 5.82 Å². The average Bonchev–Trinajstić information content (AvgIpc) is 2.80. The van der Waals surface area contributed by atoms with Crippen LogP contribution in [0.4, 0.5) is 10.6 Å². The number of rotatable bonds is 2. The minimum Gasteiger partial charge on any atom is -0.391 e. The van der Waals surface area contributed by atoms with Gasteiger partial charge in [-0.2, -0.15) is 5.10 Å². The molecule has 0 aliphatic heterocycles. The molecule has 2 amide bonds. The van der Waals surface area contributed by atoms with Crippen molar-refractivity contribution < 1.29 is 9.90 Å². The minimum absolute atomic E-state index is 0.158. The predicted molar refractivity (Wildman–Crippen MR) is 77.6 cm³/mol. The third kappa shape index (κ3) is 3.50. The molecule has 1 fully saturated rings. The first-order valence-electron chi connectivity index (χ1n) is 7.18. The molecule has 1 aliphatic rings. The van der Waals surface area contributed by atoms with E-state index in [1.807, 2.05) is 20.8 Å². The lowest BCUT2D eigenvalue weighted by Gasteiger charge is -2.28. The maximum Gasteiger partial charge on any atom is 0.320 e. The Morgan fingerprint density at radius 1 is 1.40 bits per heavy atom. The lowest BCUT2D eigenvalue weighted by atomic mass is 9.93. The van der Waals surface area contributed by atoms with Gasteiger partial charge in [0.15, 0.2) is 0 Å². The van der Waals surface area contributed by atoms with Gasteiger partial charge in [0.1, 0.15) is 5.82 Å². The quantitative estimate of drug-likeness (QED) is 0.776. The fourth-order valence-electron chi connectivity index (χ4n) is 2.53. The molecule has 20 heavy (non-hydrogen) atoms. The van der Waals surface area contributed by atoms with E-state index in [0.717, 1.165) is 25.7 Å². The third-order valence-electron chi connectivity index (χ3n) is 3.57. The fourth-order valence-corrected chi connectivity index (χ4v) is 2.53. The molecule has 0 radical (unpaired) electrons. The van der Waals surface area contributed by atoms with Crippen LogP contribution in [0.3, 0.4) is 0 Å². The summed E-state index contributed by atoms with van der Waals surface area (Å²) in [6.45, 7) is 6.07. The van der Waals surface area contributed by atoms with Crippen LogP contribution in [0.1, 0.15) is 46.5 Å². The number of aliphatic hydroxyl groups excluding tert-OH is 1. The Labute approximate surface area is 119 Å². The minimum atomic E-state index is -0.443. The van der Waals surface area contributed by atoms with Gasteiger partial charge in [-0.05, 0) is 33.6 Å². The summed E-state index contributed by atoms with van der Waals surface area (Å²) in [7, 11) is 0. The summed E-state index contributed by atoms with van der Waals surface area (Å²) in [5.74, 6) is 0.653. The van der Waals surface area contributed by atoms with Crippen molar-refractivity contribution in [2.24, 2.45) is 0 Å². The Morgan fingerprint density at radius 3 is 2.75 bits per heavy atom. The zero-order valence-electron chi connectivity index (χ0n) is 12.4. The van der Waals surface area contributed by atoms with Crippen LogP contribution in [-0.4, -0.2) is 33.1 Å². The van der Waals surface area contributed by atoms with E-state index in [9.17, 15) is 9.90 Å². The number of nitrogens with zero attached hydrogens (tertiary/aromatic N) is 2. The Hall–Kier alpha value is -1.56. The number of aliphatic hydroxyl groups is 1. The molecule has 1 aliphatic carbocycles. The highest BCUT2D eigenvalue weighted by atomic mass is 16.3. The number of hydrogen-bond acceptors (Lipinski definition) is 3. The van der Waals surface area contributed by atoms with E-state index in [-0.39, 0.29) is 17.6 Å². The van der Waals surface area contributed by atoms with E-state index in [4.69, 9.17) is 0 Å². The smallest absolute Gasteiger partial charge is 0.320 e. The molecule has 2 atom stereocenters. The second-order valence-corrected chi connectivity index (χ2v) is 6.36. The SMILES string of the molecule is CC(C)(C)n1nccc1NC(=O)N[C@@H]1CCCC[C@H]1O. The Kier molecular flexibility index (Phi) is 4.32. The Bertz CT molecular complexity index is 464. The van der Waals surface area contributed by atoms with Crippen LogP contribution in [0.5, 0.6) is 0 Å². The van der Waals surface area contributed by atoms with E-state index in [1.54, 1.807) is 16.9 Å². The summed E-state index contributed by atoms with van der Waals surface area (Å²) in [4.78, 5) is 12.0. The van der Waals surface area contributed by atoms with Gasteiger partial charge < -0.3 is 10.4 Å². The third-order valence-corrected chi connectivity index (χ3v) is 3.57. The molecule has 3 N–H and O–H groups in total. The van der Waals surface area contributed by atoms with E-state index in [1.165, 1.54) is 0 Å². The highest BCUT2D eigenvalue weighted by Gasteiger charge is 2.25. The number of anilines is 1. The molecule has 0 spiro atoms. The van der Waals surface area contributed by atoms with Crippen molar-refractivity contribution in [3.05, 3.63) is 12.3 Å². The van der Waals surface area contributed by atoms with Gasteiger partial charge >= 0.3 is 6.03 Å². The van der Waals surface area contributed by atoms with Crippen LogP contribution < -0.4 is 10.6 Å². The first kappa shape index (κ1) is 14.8. The summed E-state index contributed by atoms with van der Waals surface area (Å²) in [5.41, 5.74) is -0.198. The van der Waals surface area contributed by atoms with Crippen LogP contribution in [0, 0.1) is 0 Å². The van der Waals surface area contributed by atoms with E-state index < -0.39 is 6.10 Å². The maximum atomic E-state index is 12.0. The highest BCUT2D eigenvalue weighted by Crippen LogP contribution is 2.20. The van der Waals surface area contributed by atoms with E-state index in [2.05, 4.69) is 15.7 Å².